The molecule has 0 radical (unpaired) electrons. The van der Waals surface area contributed by atoms with E-state index in [4.69, 9.17) is 9.47 Å². The summed E-state index contributed by atoms with van der Waals surface area (Å²) in [7, 11) is 0. The number of carbonyl (C=O) groups excluding carboxylic acids is 1. The van der Waals surface area contributed by atoms with Crippen LogP contribution in [0.3, 0.4) is 0 Å². The maximum atomic E-state index is 12.6. The molecule has 0 bridgehead atoms. The second kappa shape index (κ2) is 8.30. The molecule has 1 amide bonds. The van der Waals surface area contributed by atoms with Crippen LogP contribution in [0.25, 0.3) is 0 Å². The van der Waals surface area contributed by atoms with Crippen LogP contribution >= 0.6 is 0 Å². The minimum Gasteiger partial charge on any atom is -0.487 e. The third-order valence-corrected chi connectivity index (χ3v) is 4.24. The number of hydrogen-bond acceptors (Lipinski definition) is 5. The highest BCUT2D eigenvalue weighted by Crippen LogP contribution is 2.30. The lowest BCUT2D eigenvalue weighted by atomic mass is 9.98. The molecule has 1 atom stereocenters. The quantitative estimate of drug-likeness (QED) is 0.687. The largest absolute Gasteiger partial charge is 0.487 e. The summed E-state index contributed by atoms with van der Waals surface area (Å²) in [6.45, 7) is 5.22. The Morgan fingerprint density at radius 2 is 2.29 bits per heavy atom. The molecule has 1 aliphatic rings. The standard InChI is InChI=1S/C17H26N2O5/c1-3-5-9-24-15-13(21)6-8-19(14(15)16(22)18-4-2)17(11-20)7-10-23-12-17/h6,8,20H,3-5,7,9-12H2,1-2H3,(H,18,22). The van der Waals surface area contributed by atoms with Gasteiger partial charge in [-0.2, -0.15) is 0 Å². The lowest BCUT2D eigenvalue weighted by molar-refractivity contribution is 0.0842. The zero-order valence-electron chi connectivity index (χ0n) is 14.3. The molecule has 0 aliphatic carbocycles. The minimum atomic E-state index is -0.753. The van der Waals surface area contributed by atoms with Crippen LogP contribution in [0.5, 0.6) is 5.75 Å². The van der Waals surface area contributed by atoms with E-state index in [1.54, 1.807) is 17.7 Å². The van der Waals surface area contributed by atoms with Crippen molar-refractivity contribution in [2.45, 2.75) is 38.6 Å². The maximum absolute atomic E-state index is 12.6. The van der Waals surface area contributed by atoms with Gasteiger partial charge in [0.25, 0.3) is 5.91 Å². The number of aliphatic hydroxyl groups excluding tert-OH is 1. The molecule has 1 unspecified atom stereocenters. The number of amides is 1. The second-order valence-electron chi connectivity index (χ2n) is 5.97. The first-order valence-electron chi connectivity index (χ1n) is 8.45. The van der Waals surface area contributed by atoms with Gasteiger partial charge in [0.15, 0.2) is 11.4 Å². The number of unbranched alkanes of at least 4 members (excludes halogenated alkanes) is 1. The number of carbonyl (C=O) groups is 1. The lowest BCUT2D eigenvalue weighted by Gasteiger charge is -2.31. The van der Waals surface area contributed by atoms with Crippen molar-refractivity contribution in [3.63, 3.8) is 0 Å². The summed E-state index contributed by atoms with van der Waals surface area (Å²) in [6.07, 6.45) is 3.82. The number of hydrogen-bond donors (Lipinski definition) is 2. The van der Waals surface area contributed by atoms with E-state index in [1.807, 2.05) is 6.92 Å². The molecule has 7 heteroatoms. The van der Waals surface area contributed by atoms with E-state index in [0.29, 0.717) is 26.2 Å². The average Bonchev–Trinajstić information content (AvgIpc) is 3.06. The predicted octanol–water partition coefficient (Wildman–Crippen LogP) is 0.885. The number of nitrogens with one attached hydrogen (secondary N) is 1. The Hall–Kier alpha value is -1.86. The van der Waals surface area contributed by atoms with Crippen molar-refractivity contribution in [1.29, 1.82) is 0 Å². The summed E-state index contributed by atoms with van der Waals surface area (Å²) in [5, 5.41) is 12.7. The van der Waals surface area contributed by atoms with Gasteiger partial charge in [0.05, 0.1) is 25.4 Å². The van der Waals surface area contributed by atoms with E-state index in [-0.39, 0.29) is 36.0 Å². The van der Waals surface area contributed by atoms with Gasteiger partial charge in [0, 0.05) is 25.4 Å². The molecule has 7 nitrogen and oxygen atoms in total. The lowest BCUT2D eigenvalue weighted by Crippen LogP contribution is -2.43. The van der Waals surface area contributed by atoms with Gasteiger partial charge in [0.1, 0.15) is 0 Å². The molecule has 0 spiro atoms. The van der Waals surface area contributed by atoms with Crippen LogP contribution in [-0.4, -0.2) is 48.6 Å². The van der Waals surface area contributed by atoms with Crippen molar-refractivity contribution in [3.8, 4) is 5.75 Å². The Labute approximate surface area is 141 Å². The summed E-state index contributed by atoms with van der Waals surface area (Å²) in [6, 6.07) is 1.37. The molecule has 0 saturated carbocycles. The maximum Gasteiger partial charge on any atom is 0.271 e. The molecule has 2 N–H and O–H groups in total. The van der Waals surface area contributed by atoms with Crippen molar-refractivity contribution in [2.75, 3.05) is 33.0 Å². The fraction of sp³-hybridized carbons (Fsp3) is 0.647. The van der Waals surface area contributed by atoms with Crippen molar-refractivity contribution < 1.29 is 19.4 Å². The summed E-state index contributed by atoms with van der Waals surface area (Å²) in [4.78, 5) is 24.9. The molecule has 1 fully saturated rings. The van der Waals surface area contributed by atoms with E-state index in [2.05, 4.69) is 5.32 Å². The SMILES string of the molecule is CCCCOc1c(C(=O)NCC)n(C2(CO)CCOC2)ccc1=O. The summed E-state index contributed by atoms with van der Waals surface area (Å²) >= 11 is 0. The molecule has 1 aliphatic heterocycles. The first-order chi connectivity index (χ1) is 11.6. The van der Waals surface area contributed by atoms with Crippen LogP contribution in [0.1, 0.15) is 43.6 Å². The van der Waals surface area contributed by atoms with Crippen molar-refractivity contribution in [1.82, 2.24) is 9.88 Å². The van der Waals surface area contributed by atoms with Gasteiger partial charge in [-0.15, -0.1) is 0 Å². The molecule has 2 rings (SSSR count). The van der Waals surface area contributed by atoms with Crippen molar-refractivity contribution >= 4 is 5.91 Å². The highest BCUT2D eigenvalue weighted by molar-refractivity contribution is 5.95. The third-order valence-electron chi connectivity index (χ3n) is 4.24. The van der Waals surface area contributed by atoms with E-state index in [1.165, 1.54) is 6.07 Å². The van der Waals surface area contributed by atoms with E-state index >= 15 is 0 Å². The van der Waals surface area contributed by atoms with Crippen LogP contribution in [0.4, 0.5) is 0 Å². The molecular formula is C17H26N2O5. The molecule has 0 aromatic carbocycles. The van der Waals surface area contributed by atoms with Gasteiger partial charge in [-0.3, -0.25) is 9.59 Å². The Balaban J connectivity index is 2.55. The van der Waals surface area contributed by atoms with Crippen LogP contribution in [0.2, 0.25) is 0 Å². The van der Waals surface area contributed by atoms with Gasteiger partial charge in [-0.25, -0.2) is 0 Å². The van der Waals surface area contributed by atoms with Crippen molar-refractivity contribution in [2.24, 2.45) is 0 Å². The first-order valence-corrected chi connectivity index (χ1v) is 8.45. The molecular weight excluding hydrogens is 312 g/mol. The number of ether oxygens (including phenoxy) is 2. The molecule has 134 valence electrons. The fourth-order valence-electron chi connectivity index (χ4n) is 2.82. The Morgan fingerprint density at radius 1 is 1.50 bits per heavy atom. The zero-order chi connectivity index (χ0) is 17.6. The van der Waals surface area contributed by atoms with Crippen LogP contribution in [0.15, 0.2) is 17.1 Å². The molecule has 2 heterocycles. The molecule has 1 aromatic heterocycles. The second-order valence-corrected chi connectivity index (χ2v) is 5.97. The molecule has 1 aromatic rings. The smallest absolute Gasteiger partial charge is 0.271 e. The number of nitrogens with zero attached hydrogens (tertiary/aromatic N) is 1. The van der Waals surface area contributed by atoms with Gasteiger partial charge in [-0.1, -0.05) is 13.3 Å². The zero-order valence-corrected chi connectivity index (χ0v) is 14.3. The monoisotopic (exact) mass is 338 g/mol. The number of aliphatic hydroxyl groups is 1. The summed E-state index contributed by atoms with van der Waals surface area (Å²) in [5.74, 6) is -0.349. The van der Waals surface area contributed by atoms with E-state index in [0.717, 1.165) is 12.8 Å². The number of rotatable bonds is 8. The molecule has 24 heavy (non-hydrogen) atoms. The van der Waals surface area contributed by atoms with Gasteiger partial charge >= 0.3 is 0 Å². The summed E-state index contributed by atoms with van der Waals surface area (Å²) < 4.78 is 12.7. The molecule has 1 saturated heterocycles. The Kier molecular flexibility index (Phi) is 6.39. The van der Waals surface area contributed by atoms with E-state index < -0.39 is 5.54 Å². The first kappa shape index (κ1) is 18.5. The van der Waals surface area contributed by atoms with Crippen LogP contribution < -0.4 is 15.5 Å². The van der Waals surface area contributed by atoms with E-state index in [9.17, 15) is 14.7 Å². The van der Waals surface area contributed by atoms with Crippen molar-refractivity contribution in [3.05, 3.63) is 28.2 Å². The minimum absolute atomic E-state index is 0.0385. The Morgan fingerprint density at radius 3 is 2.88 bits per heavy atom. The average molecular weight is 338 g/mol. The van der Waals surface area contributed by atoms with Gasteiger partial charge in [-0.05, 0) is 19.8 Å². The number of pyridine rings is 1. The predicted molar refractivity (Wildman–Crippen MR) is 89.6 cm³/mol. The normalized spacial score (nSPS) is 20.1. The van der Waals surface area contributed by atoms with Crippen LogP contribution in [-0.2, 0) is 10.3 Å². The van der Waals surface area contributed by atoms with Crippen LogP contribution in [0, 0.1) is 0 Å². The highest BCUT2D eigenvalue weighted by atomic mass is 16.5. The van der Waals surface area contributed by atoms with Gasteiger partial charge in [0.2, 0.25) is 5.43 Å². The Bertz CT molecular complexity index is 620. The number of aromatic nitrogens is 1. The summed E-state index contributed by atoms with van der Waals surface area (Å²) in [5.41, 5.74) is -0.938. The third kappa shape index (κ3) is 3.62. The fourth-order valence-corrected chi connectivity index (χ4v) is 2.82. The highest BCUT2D eigenvalue weighted by Gasteiger charge is 2.39. The van der Waals surface area contributed by atoms with Gasteiger partial charge < -0.3 is 24.5 Å². The topological polar surface area (TPSA) is 89.8 Å².